The van der Waals surface area contributed by atoms with Crippen LogP contribution in [0.15, 0.2) is 18.2 Å². The molecule has 0 aliphatic carbocycles. The largest absolute Gasteiger partial charge is 0.349 e. The highest BCUT2D eigenvalue weighted by molar-refractivity contribution is 6.05. The summed E-state index contributed by atoms with van der Waals surface area (Å²) in [5.41, 5.74) is 4.06. The number of anilines is 1. The van der Waals surface area contributed by atoms with E-state index in [4.69, 9.17) is 0 Å². The Balaban J connectivity index is 1.86. The molecule has 0 saturated heterocycles. The number of carbonyl (C=O) groups is 2. The van der Waals surface area contributed by atoms with E-state index in [0.29, 0.717) is 24.0 Å². The van der Waals surface area contributed by atoms with Crippen molar-refractivity contribution in [3.63, 3.8) is 0 Å². The predicted molar refractivity (Wildman–Crippen MR) is 111 cm³/mol. The number of nitrogens with one attached hydrogen (secondary N) is 2. The molecular weight excluding hydrogens is 352 g/mol. The number of aryl methyl sites for hydroxylation is 2. The van der Waals surface area contributed by atoms with Crippen LogP contribution in [0.5, 0.6) is 0 Å². The number of rotatable bonds is 6. The first-order valence-electron chi connectivity index (χ1n) is 10.1. The molecule has 2 N–H and O–H groups in total. The molecule has 3 rings (SSSR count). The third-order valence-corrected chi connectivity index (χ3v) is 5.26. The van der Waals surface area contributed by atoms with Crippen LogP contribution in [0.4, 0.5) is 5.69 Å². The normalized spacial score (nSPS) is 13.3. The van der Waals surface area contributed by atoms with Crippen molar-refractivity contribution in [2.24, 2.45) is 5.92 Å². The molecule has 150 valence electrons. The maximum Gasteiger partial charge on any atom is 0.287 e. The smallest absolute Gasteiger partial charge is 0.287 e. The van der Waals surface area contributed by atoms with Crippen molar-refractivity contribution >= 4 is 17.5 Å². The minimum absolute atomic E-state index is 0.199. The third-order valence-electron chi connectivity index (χ3n) is 5.26. The quantitative estimate of drug-likeness (QED) is 0.796. The van der Waals surface area contributed by atoms with E-state index in [9.17, 15) is 9.59 Å². The van der Waals surface area contributed by atoms with Gasteiger partial charge in [-0.1, -0.05) is 32.0 Å². The Labute approximate surface area is 166 Å². The second kappa shape index (κ2) is 8.59. The number of fused-ring (bicyclic) bond motifs is 1. The summed E-state index contributed by atoms with van der Waals surface area (Å²) in [6.45, 7) is 9.53. The predicted octanol–water partition coefficient (Wildman–Crippen LogP) is 3.86. The van der Waals surface area contributed by atoms with Gasteiger partial charge in [-0.3, -0.25) is 9.59 Å². The fourth-order valence-corrected chi connectivity index (χ4v) is 3.64. The molecule has 0 atom stereocenters. The van der Waals surface area contributed by atoms with Crippen LogP contribution in [0.2, 0.25) is 0 Å². The van der Waals surface area contributed by atoms with Gasteiger partial charge in [-0.05, 0) is 56.6 Å². The summed E-state index contributed by atoms with van der Waals surface area (Å²) in [7, 11) is 0. The van der Waals surface area contributed by atoms with Crippen LogP contribution >= 0.6 is 0 Å². The van der Waals surface area contributed by atoms with E-state index in [1.165, 1.54) is 0 Å². The number of nitrogens with zero attached hydrogens (tertiary/aromatic N) is 2. The van der Waals surface area contributed by atoms with Crippen LogP contribution in [0, 0.1) is 19.8 Å². The molecule has 2 amide bonds. The van der Waals surface area contributed by atoms with E-state index in [1.54, 1.807) is 0 Å². The first-order chi connectivity index (χ1) is 13.4. The summed E-state index contributed by atoms with van der Waals surface area (Å²) in [6, 6.07) is 5.91. The van der Waals surface area contributed by atoms with E-state index in [0.717, 1.165) is 54.7 Å². The van der Waals surface area contributed by atoms with E-state index < -0.39 is 0 Å². The molecule has 0 bridgehead atoms. The maximum absolute atomic E-state index is 13.0. The molecule has 1 aliphatic heterocycles. The first-order valence-corrected chi connectivity index (χ1v) is 10.1. The van der Waals surface area contributed by atoms with Crippen LogP contribution in [-0.2, 0) is 13.0 Å². The minimum atomic E-state index is -0.246. The molecule has 2 heterocycles. The topological polar surface area (TPSA) is 76.0 Å². The zero-order valence-electron chi connectivity index (χ0n) is 17.3. The van der Waals surface area contributed by atoms with Crippen molar-refractivity contribution in [1.82, 2.24) is 14.9 Å². The lowest BCUT2D eigenvalue weighted by Crippen LogP contribution is -2.29. The Hall–Kier alpha value is -2.63. The SMILES string of the molecule is Cc1cccc(C)c1NC(=O)c1nc(C(=O)NCCC(C)C)n2c1CCCC2. The second-order valence-corrected chi connectivity index (χ2v) is 8.00. The average Bonchev–Trinajstić information content (AvgIpc) is 3.04. The van der Waals surface area contributed by atoms with Gasteiger partial charge in [0.25, 0.3) is 11.8 Å². The number of imidazole rings is 1. The van der Waals surface area contributed by atoms with Gasteiger partial charge in [0.2, 0.25) is 0 Å². The molecule has 0 fully saturated rings. The lowest BCUT2D eigenvalue weighted by Gasteiger charge is -2.17. The number of hydrogen-bond donors (Lipinski definition) is 2. The van der Waals surface area contributed by atoms with Gasteiger partial charge in [-0.2, -0.15) is 0 Å². The zero-order valence-corrected chi connectivity index (χ0v) is 17.3. The minimum Gasteiger partial charge on any atom is -0.349 e. The lowest BCUT2D eigenvalue weighted by atomic mass is 10.1. The molecule has 0 saturated carbocycles. The van der Waals surface area contributed by atoms with Gasteiger partial charge in [0.1, 0.15) is 0 Å². The molecule has 6 heteroatoms. The van der Waals surface area contributed by atoms with Crippen LogP contribution in [0.1, 0.15) is 71.0 Å². The summed E-state index contributed by atoms with van der Waals surface area (Å²) in [4.78, 5) is 30.2. The van der Waals surface area contributed by atoms with E-state index in [1.807, 2.05) is 36.6 Å². The lowest BCUT2D eigenvalue weighted by molar-refractivity contribution is 0.0936. The molecule has 2 aromatic rings. The second-order valence-electron chi connectivity index (χ2n) is 8.00. The Morgan fingerprint density at radius 1 is 1.14 bits per heavy atom. The highest BCUT2D eigenvalue weighted by Gasteiger charge is 2.27. The van der Waals surface area contributed by atoms with Gasteiger partial charge in [-0.25, -0.2) is 4.98 Å². The molecule has 1 aromatic heterocycles. The van der Waals surface area contributed by atoms with Crippen molar-refractivity contribution < 1.29 is 9.59 Å². The molecule has 1 aliphatic rings. The standard InChI is InChI=1S/C22H30N4O2/c1-14(2)11-12-23-22(28)20-24-19(17-10-5-6-13-26(17)20)21(27)25-18-15(3)8-7-9-16(18)4/h7-9,14H,5-6,10-13H2,1-4H3,(H,23,28)(H,25,27). The molecular formula is C22H30N4O2. The van der Waals surface area contributed by atoms with E-state index in [2.05, 4.69) is 29.5 Å². The van der Waals surface area contributed by atoms with Crippen LogP contribution < -0.4 is 10.6 Å². The van der Waals surface area contributed by atoms with Crippen molar-refractivity contribution in [1.29, 1.82) is 0 Å². The van der Waals surface area contributed by atoms with Gasteiger partial charge < -0.3 is 15.2 Å². The maximum atomic E-state index is 13.0. The summed E-state index contributed by atoms with van der Waals surface area (Å²) < 4.78 is 1.92. The van der Waals surface area contributed by atoms with Gasteiger partial charge in [0, 0.05) is 18.8 Å². The number of benzene rings is 1. The van der Waals surface area contributed by atoms with Crippen LogP contribution in [0.3, 0.4) is 0 Å². The van der Waals surface area contributed by atoms with Gasteiger partial charge in [0.05, 0.1) is 5.69 Å². The molecule has 0 unspecified atom stereocenters. The third kappa shape index (κ3) is 4.26. The van der Waals surface area contributed by atoms with Gasteiger partial charge in [0.15, 0.2) is 11.5 Å². The summed E-state index contributed by atoms with van der Waals surface area (Å²) in [6.07, 6.45) is 3.68. The summed E-state index contributed by atoms with van der Waals surface area (Å²) in [5, 5.41) is 5.96. The Kier molecular flexibility index (Phi) is 6.17. The van der Waals surface area contributed by atoms with Gasteiger partial charge >= 0.3 is 0 Å². The number of aromatic nitrogens is 2. The molecule has 1 aromatic carbocycles. The monoisotopic (exact) mass is 382 g/mol. The summed E-state index contributed by atoms with van der Waals surface area (Å²) in [5.74, 6) is 0.428. The Bertz CT molecular complexity index is 863. The Morgan fingerprint density at radius 3 is 2.54 bits per heavy atom. The van der Waals surface area contributed by atoms with Crippen molar-refractivity contribution in [3.8, 4) is 0 Å². The fraction of sp³-hybridized carbons (Fsp3) is 0.500. The molecule has 28 heavy (non-hydrogen) atoms. The number of para-hydroxylation sites is 1. The molecule has 0 radical (unpaired) electrons. The van der Waals surface area contributed by atoms with Crippen LogP contribution in [0.25, 0.3) is 0 Å². The molecule has 6 nitrogen and oxygen atoms in total. The highest BCUT2D eigenvalue weighted by Crippen LogP contribution is 2.24. The van der Waals surface area contributed by atoms with E-state index in [-0.39, 0.29) is 11.8 Å². The number of carbonyl (C=O) groups excluding carboxylic acids is 2. The van der Waals surface area contributed by atoms with Crippen molar-refractivity contribution in [2.75, 3.05) is 11.9 Å². The van der Waals surface area contributed by atoms with Crippen molar-refractivity contribution in [2.45, 2.75) is 59.9 Å². The van der Waals surface area contributed by atoms with Crippen LogP contribution in [-0.4, -0.2) is 27.9 Å². The summed E-state index contributed by atoms with van der Waals surface area (Å²) >= 11 is 0. The fourth-order valence-electron chi connectivity index (χ4n) is 3.64. The zero-order chi connectivity index (χ0) is 20.3. The first kappa shape index (κ1) is 20.1. The van der Waals surface area contributed by atoms with Crippen molar-refractivity contribution in [3.05, 3.63) is 46.5 Å². The Morgan fingerprint density at radius 2 is 1.86 bits per heavy atom. The van der Waals surface area contributed by atoms with E-state index >= 15 is 0 Å². The number of amides is 2. The van der Waals surface area contributed by atoms with Gasteiger partial charge in [-0.15, -0.1) is 0 Å². The molecule has 0 spiro atoms. The number of hydrogen-bond acceptors (Lipinski definition) is 3. The average molecular weight is 383 g/mol. The highest BCUT2D eigenvalue weighted by atomic mass is 16.2.